The Morgan fingerprint density at radius 3 is 1.85 bits per heavy atom. The number of aromatic nitrogens is 2. The van der Waals surface area contributed by atoms with Crippen LogP contribution < -0.4 is 11.1 Å². The molecule has 0 atom stereocenters. The molecule has 8 aromatic rings. The second-order valence-electron chi connectivity index (χ2n) is 11.8. The Labute approximate surface area is 281 Å². The highest BCUT2D eigenvalue weighted by atomic mass is 15.1. The van der Waals surface area contributed by atoms with E-state index in [4.69, 9.17) is 5.73 Å². The first-order chi connectivity index (χ1) is 23.6. The van der Waals surface area contributed by atoms with Crippen LogP contribution >= 0.6 is 0 Å². The van der Waals surface area contributed by atoms with Gasteiger partial charge in [0.25, 0.3) is 0 Å². The molecule has 0 radical (unpaired) electrons. The number of nitrogens with zero attached hydrogens (tertiary/aromatic N) is 2. The van der Waals surface area contributed by atoms with Crippen LogP contribution in [0.15, 0.2) is 170 Å². The average Bonchev–Trinajstić information content (AvgIpc) is 3.62. The van der Waals surface area contributed by atoms with E-state index in [2.05, 4.69) is 149 Å². The zero-order valence-electron chi connectivity index (χ0n) is 27.3. The molecule has 4 nitrogen and oxygen atoms in total. The summed E-state index contributed by atoms with van der Waals surface area (Å²) < 4.78 is 4.49. The number of fused-ring (bicyclic) bond motifs is 5. The molecule has 0 unspecified atom stereocenters. The number of anilines is 3. The van der Waals surface area contributed by atoms with Crippen molar-refractivity contribution < 1.29 is 0 Å². The molecule has 0 aliphatic rings. The van der Waals surface area contributed by atoms with Gasteiger partial charge in [-0.3, -0.25) is 4.57 Å². The van der Waals surface area contributed by atoms with E-state index in [1.54, 1.807) is 0 Å². The lowest BCUT2D eigenvalue weighted by molar-refractivity contribution is 1.15. The summed E-state index contributed by atoms with van der Waals surface area (Å²) in [6, 6.07) is 52.7. The summed E-state index contributed by atoms with van der Waals surface area (Å²) in [4.78, 5) is 0. The Hall–Kier alpha value is -6.26. The molecule has 0 saturated carbocycles. The first-order valence-corrected chi connectivity index (χ1v) is 16.2. The van der Waals surface area contributed by atoms with Gasteiger partial charge in [-0.25, -0.2) is 0 Å². The van der Waals surface area contributed by atoms with Crippen molar-refractivity contribution in [2.24, 2.45) is 0 Å². The van der Waals surface area contributed by atoms with Gasteiger partial charge in [0.2, 0.25) is 0 Å². The molecule has 0 bridgehead atoms. The van der Waals surface area contributed by atoms with Gasteiger partial charge in [-0.15, -0.1) is 0 Å². The molecule has 0 saturated heterocycles. The Morgan fingerprint density at radius 1 is 0.646 bits per heavy atom. The van der Waals surface area contributed by atoms with Gasteiger partial charge in [-0.1, -0.05) is 127 Å². The number of aryl methyl sites for hydroxylation is 1. The maximum absolute atomic E-state index is 6.99. The quantitative estimate of drug-likeness (QED) is 0.181. The normalized spacial score (nSPS) is 11.4. The smallest absolute Gasteiger partial charge is 0.133 e. The van der Waals surface area contributed by atoms with E-state index in [-0.39, 0.29) is 0 Å². The molecule has 0 fully saturated rings. The van der Waals surface area contributed by atoms with Crippen LogP contribution in [0.4, 0.5) is 17.2 Å². The van der Waals surface area contributed by atoms with Crippen molar-refractivity contribution in [3.05, 3.63) is 176 Å². The van der Waals surface area contributed by atoms with Crippen molar-refractivity contribution in [3.8, 4) is 16.8 Å². The maximum Gasteiger partial charge on any atom is 0.133 e. The van der Waals surface area contributed by atoms with Crippen LogP contribution in [0.2, 0.25) is 0 Å². The zero-order valence-corrected chi connectivity index (χ0v) is 27.3. The lowest BCUT2D eigenvalue weighted by atomic mass is 10.0. The fraction of sp³-hybridized carbons (Fsp3) is 0.0455. The van der Waals surface area contributed by atoms with Crippen LogP contribution in [0, 0.1) is 6.92 Å². The molecule has 8 rings (SSSR count). The fourth-order valence-electron chi connectivity index (χ4n) is 6.48. The molecule has 0 amide bonds. The van der Waals surface area contributed by atoms with Crippen LogP contribution in [-0.4, -0.2) is 9.13 Å². The number of nitrogens with one attached hydrogen (secondary N) is 1. The van der Waals surface area contributed by atoms with E-state index < -0.39 is 0 Å². The molecule has 0 spiro atoms. The highest BCUT2D eigenvalue weighted by molar-refractivity contribution is 6.22. The van der Waals surface area contributed by atoms with Crippen LogP contribution in [-0.2, 0) is 0 Å². The molecule has 234 valence electrons. The van der Waals surface area contributed by atoms with Crippen molar-refractivity contribution in [3.63, 3.8) is 0 Å². The van der Waals surface area contributed by atoms with Gasteiger partial charge in [0, 0.05) is 33.2 Å². The van der Waals surface area contributed by atoms with Crippen molar-refractivity contribution in [2.75, 3.05) is 11.1 Å². The zero-order chi connectivity index (χ0) is 33.0. The summed E-state index contributed by atoms with van der Waals surface area (Å²) in [6.07, 6.45) is 3.92. The summed E-state index contributed by atoms with van der Waals surface area (Å²) in [5.41, 5.74) is 17.9. The van der Waals surface area contributed by atoms with Crippen molar-refractivity contribution in [1.29, 1.82) is 0 Å². The lowest BCUT2D eigenvalue weighted by Crippen LogP contribution is -2.03. The Bertz CT molecular complexity index is 2380. The summed E-state index contributed by atoms with van der Waals surface area (Å²) in [6.45, 7) is 8.23. The standard InChI is InChI=1S/C37H30N4.C7H8/c1-3-28(4-2)41-36-31(34(37(41)38)39-27-16-10-6-11-17-27)22-21-30-32-24-26(25-14-8-5-9-15-25)20-23-33(32)40(35(30)36)29-18-12-7-13-19-29;1-7-5-3-2-4-6-7/h3-24,39H,1,38H2,2H3;2-6H,1H3/b28-4+;. The first-order valence-electron chi connectivity index (χ1n) is 16.2. The highest BCUT2D eigenvalue weighted by Gasteiger charge is 2.24. The predicted molar refractivity (Wildman–Crippen MR) is 207 cm³/mol. The maximum atomic E-state index is 6.99. The summed E-state index contributed by atoms with van der Waals surface area (Å²) >= 11 is 0. The predicted octanol–water partition coefficient (Wildman–Crippen LogP) is 11.8. The number of benzene rings is 6. The van der Waals surface area contributed by atoms with Gasteiger partial charge in [0.05, 0.1) is 22.2 Å². The number of hydrogen-bond acceptors (Lipinski definition) is 2. The van der Waals surface area contributed by atoms with Crippen LogP contribution in [0.3, 0.4) is 0 Å². The van der Waals surface area contributed by atoms with E-state index in [0.717, 1.165) is 44.7 Å². The van der Waals surface area contributed by atoms with E-state index in [0.29, 0.717) is 5.82 Å². The van der Waals surface area contributed by atoms with Gasteiger partial charge >= 0.3 is 0 Å². The Balaban J connectivity index is 0.000000465. The van der Waals surface area contributed by atoms with Crippen LogP contribution in [0.5, 0.6) is 0 Å². The molecule has 0 aliphatic carbocycles. The van der Waals surface area contributed by atoms with E-state index >= 15 is 0 Å². The number of nitrogen functional groups attached to an aromatic ring is 1. The minimum absolute atomic E-state index is 0.638. The number of nitrogens with two attached hydrogens (primary N) is 1. The third-order valence-corrected chi connectivity index (χ3v) is 8.76. The molecule has 2 aromatic heterocycles. The molecule has 6 aromatic carbocycles. The molecule has 0 aliphatic heterocycles. The van der Waals surface area contributed by atoms with Crippen molar-refractivity contribution >= 4 is 55.6 Å². The van der Waals surface area contributed by atoms with E-state index in [9.17, 15) is 0 Å². The molecule has 4 heteroatoms. The summed E-state index contributed by atoms with van der Waals surface area (Å²) in [7, 11) is 0. The highest BCUT2D eigenvalue weighted by Crippen LogP contribution is 2.45. The van der Waals surface area contributed by atoms with Gasteiger partial charge in [-0.2, -0.15) is 0 Å². The number of rotatable bonds is 6. The monoisotopic (exact) mass is 622 g/mol. The van der Waals surface area contributed by atoms with Crippen molar-refractivity contribution in [1.82, 2.24) is 9.13 Å². The Kier molecular flexibility index (Phi) is 8.38. The first kappa shape index (κ1) is 30.4. The minimum Gasteiger partial charge on any atom is -0.383 e. The third kappa shape index (κ3) is 5.54. The topological polar surface area (TPSA) is 47.9 Å². The summed E-state index contributed by atoms with van der Waals surface area (Å²) in [5.74, 6) is 0.638. The van der Waals surface area contributed by atoms with Gasteiger partial charge in [0.15, 0.2) is 0 Å². The minimum atomic E-state index is 0.638. The van der Waals surface area contributed by atoms with Crippen LogP contribution in [0.25, 0.3) is 55.2 Å². The van der Waals surface area contributed by atoms with Gasteiger partial charge in [0.1, 0.15) is 5.82 Å². The molecule has 48 heavy (non-hydrogen) atoms. The molecule has 2 heterocycles. The fourth-order valence-corrected chi connectivity index (χ4v) is 6.48. The van der Waals surface area contributed by atoms with E-state index in [1.807, 2.05) is 49.4 Å². The number of allylic oxidation sites excluding steroid dienone is 3. The van der Waals surface area contributed by atoms with Crippen LogP contribution in [0.1, 0.15) is 12.5 Å². The van der Waals surface area contributed by atoms with E-state index in [1.165, 1.54) is 27.5 Å². The largest absolute Gasteiger partial charge is 0.383 e. The average molecular weight is 623 g/mol. The third-order valence-electron chi connectivity index (χ3n) is 8.76. The SMILES string of the molecule is C=C/C(=C\C)n1c(N)c(Nc2ccccc2)c2ccc3c4cc(-c5ccccc5)ccc4n(-c4ccccc4)c3c21.Cc1ccccc1. The lowest BCUT2D eigenvalue weighted by Gasteiger charge is -2.13. The molecular weight excluding hydrogens is 585 g/mol. The summed E-state index contributed by atoms with van der Waals surface area (Å²) in [5, 5.41) is 7.01. The number of para-hydroxylation sites is 2. The second kappa shape index (κ2) is 13.2. The molecular formula is C44H38N4. The van der Waals surface area contributed by atoms with Gasteiger partial charge in [-0.05, 0) is 73.5 Å². The number of hydrogen-bond donors (Lipinski definition) is 2. The second-order valence-corrected chi connectivity index (χ2v) is 11.8. The van der Waals surface area contributed by atoms with Crippen molar-refractivity contribution in [2.45, 2.75) is 13.8 Å². The Morgan fingerprint density at radius 2 is 1.25 bits per heavy atom. The molecule has 3 N–H and O–H groups in total. The van der Waals surface area contributed by atoms with Gasteiger partial charge < -0.3 is 15.6 Å².